The monoisotopic (exact) mass is 524 g/mol. The van der Waals surface area contributed by atoms with E-state index in [1.165, 1.54) is 34.9 Å². The van der Waals surface area contributed by atoms with E-state index in [4.69, 9.17) is 23.7 Å². The molecular formula is C33H32O6. The zero-order chi connectivity index (χ0) is 27.2. The summed E-state index contributed by atoms with van der Waals surface area (Å²) in [6.07, 6.45) is 0.965. The van der Waals surface area contributed by atoms with Gasteiger partial charge in [-0.15, -0.1) is 0 Å². The Labute approximate surface area is 229 Å². The summed E-state index contributed by atoms with van der Waals surface area (Å²) in [5, 5.41) is 0. The smallest absolute Gasteiger partial charge is 0.292 e. The number of hydrogen-bond donors (Lipinski definition) is 0. The molecule has 0 radical (unpaired) electrons. The van der Waals surface area contributed by atoms with Crippen LogP contribution >= 0.6 is 0 Å². The molecule has 4 aromatic carbocycles. The highest BCUT2D eigenvalue weighted by molar-refractivity contribution is 5.56. The Morgan fingerprint density at radius 1 is 0.821 bits per heavy atom. The minimum atomic E-state index is 0.219. The molecule has 0 amide bonds. The van der Waals surface area contributed by atoms with Gasteiger partial charge in [0.1, 0.15) is 18.1 Å². The maximum absolute atomic E-state index is 8.95. The molecule has 0 aromatic heterocycles. The fraction of sp³-hybridized carbons (Fsp3) is 0.242. The fourth-order valence-corrected chi connectivity index (χ4v) is 5.33. The normalized spacial score (nSPS) is 16.5. The van der Waals surface area contributed by atoms with Gasteiger partial charge in [0, 0.05) is 23.5 Å². The van der Waals surface area contributed by atoms with E-state index in [2.05, 4.69) is 60.2 Å². The van der Waals surface area contributed by atoms with Gasteiger partial charge in [-0.25, -0.2) is 0 Å². The molecule has 1 aliphatic carbocycles. The van der Waals surface area contributed by atoms with Crippen LogP contribution in [0, 0.1) is 6.92 Å². The van der Waals surface area contributed by atoms with Crippen LogP contribution in [0.1, 0.15) is 51.6 Å². The van der Waals surface area contributed by atoms with Gasteiger partial charge in [-0.2, -0.15) is 0 Å². The summed E-state index contributed by atoms with van der Waals surface area (Å²) in [7, 11) is 3.01. The van der Waals surface area contributed by atoms with Crippen molar-refractivity contribution in [2.75, 3.05) is 21.0 Å². The van der Waals surface area contributed by atoms with Gasteiger partial charge in [0.05, 0.1) is 14.2 Å². The molecule has 39 heavy (non-hydrogen) atoms. The molecule has 6 nitrogen and oxygen atoms in total. The highest BCUT2D eigenvalue weighted by Crippen LogP contribution is 2.51. The molecule has 0 unspecified atom stereocenters. The maximum Gasteiger partial charge on any atom is 0.292 e. The van der Waals surface area contributed by atoms with Crippen molar-refractivity contribution in [2.45, 2.75) is 31.8 Å². The summed E-state index contributed by atoms with van der Waals surface area (Å²) in [4.78, 5) is 8.95. The first kappa shape index (κ1) is 26.2. The molecule has 1 heterocycles. The minimum Gasteiger partial charge on any atom is -0.497 e. The van der Waals surface area contributed by atoms with Gasteiger partial charge < -0.3 is 23.7 Å². The Bertz CT molecular complexity index is 1430. The van der Waals surface area contributed by atoms with Crippen LogP contribution in [-0.2, 0) is 16.1 Å². The number of aryl methyl sites for hydroxylation is 1. The SMILES string of the molecule is COC=O.COc1ccc([C@H]2C[C@@H](c3ccc4c(c3)OCO4)c3ccc(C)cc32)c(OCc2ccccc2)c1. The highest BCUT2D eigenvalue weighted by Gasteiger charge is 2.35. The van der Waals surface area contributed by atoms with Crippen LogP contribution in [0.3, 0.4) is 0 Å². The van der Waals surface area contributed by atoms with Crippen molar-refractivity contribution in [1.29, 1.82) is 0 Å². The Morgan fingerprint density at radius 3 is 2.36 bits per heavy atom. The molecule has 0 saturated carbocycles. The number of benzene rings is 4. The third-order valence-electron chi connectivity index (χ3n) is 7.19. The molecule has 0 N–H and O–H groups in total. The van der Waals surface area contributed by atoms with Crippen LogP contribution in [0.2, 0.25) is 0 Å². The van der Waals surface area contributed by atoms with E-state index in [1.807, 2.05) is 36.4 Å². The Kier molecular flexibility index (Phi) is 8.02. The first-order valence-electron chi connectivity index (χ1n) is 12.9. The number of methoxy groups -OCH3 is 2. The van der Waals surface area contributed by atoms with Crippen LogP contribution in [0.4, 0.5) is 0 Å². The molecule has 0 saturated heterocycles. The quantitative estimate of drug-likeness (QED) is 0.249. The molecule has 0 bridgehead atoms. The Morgan fingerprint density at radius 2 is 1.59 bits per heavy atom. The number of carbonyl (C=O) groups excluding carboxylic acids is 1. The van der Waals surface area contributed by atoms with E-state index >= 15 is 0 Å². The average Bonchev–Trinajstić information content (AvgIpc) is 3.60. The second kappa shape index (κ2) is 11.9. The van der Waals surface area contributed by atoms with Crippen LogP contribution in [-0.4, -0.2) is 27.5 Å². The number of carbonyl (C=O) groups is 1. The standard InChI is InChI=1S/C31H28O4.C2H4O2/c1-20-8-11-24-26(22-9-13-29-31(15-22)35-19-34-29)17-28(27(24)14-20)25-12-10-23(32-2)16-30(25)33-18-21-6-4-3-5-7-21;1-4-2-3/h3-16,26,28H,17-19H2,1-2H3;2H,1H3/t26-,28+;/m0./s1. The van der Waals surface area contributed by atoms with Crippen molar-refractivity contribution in [2.24, 2.45) is 0 Å². The first-order valence-corrected chi connectivity index (χ1v) is 12.9. The van der Waals surface area contributed by atoms with E-state index in [1.54, 1.807) is 7.11 Å². The third kappa shape index (κ3) is 5.70. The van der Waals surface area contributed by atoms with Crippen LogP contribution in [0.5, 0.6) is 23.0 Å². The predicted octanol–water partition coefficient (Wildman–Crippen LogP) is 6.77. The number of fused-ring (bicyclic) bond motifs is 2. The minimum absolute atomic E-state index is 0.219. The van der Waals surface area contributed by atoms with Crippen molar-refractivity contribution < 1.29 is 28.5 Å². The number of rotatable bonds is 7. The highest BCUT2D eigenvalue weighted by atomic mass is 16.7. The van der Waals surface area contributed by atoms with E-state index < -0.39 is 0 Å². The van der Waals surface area contributed by atoms with Crippen LogP contribution in [0.15, 0.2) is 84.9 Å². The van der Waals surface area contributed by atoms with Crippen LogP contribution in [0.25, 0.3) is 0 Å². The largest absolute Gasteiger partial charge is 0.497 e. The lowest BCUT2D eigenvalue weighted by Crippen LogP contribution is -2.04. The lowest BCUT2D eigenvalue weighted by atomic mass is 9.89. The Balaban J connectivity index is 0.000000723. The first-order chi connectivity index (χ1) is 19.1. The zero-order valence-electron chi connectivity index (χ0n) is 22.4. The fourth-order valence-electron chi connectivity index (χ4n) is 5.33. The lowest BCUT2D eigenvalue weighted by Gasteiger charge is -2.19. The van der Waals surface area contributed by atoms with Gasteiger partial charge in [0.15, 0.2) is 11.5 Å². The van der Waals surface area contributed by atoms with Crippen LogP contribution < -0.4 is 18.9 Å². The van der Waals surface area contributed by atoms with Gasteiger partial charge in [-0.05, 0) is 53.8 Å². The predicted molar refractivity (Wildman–Crippen MR) is 149 cm³/mol. The molecule has 0 spiro atoms. The molecule has 6 rings (SSSR count). The molecule has 200 valence electrons. The number of hydrogen-bond acceptors (Lipinski definition) is 6. The molecule has 1 aliphatic heterocycles. The van der Waals surface area contributed by atoms with E-state index in [0.717, 1.165) is 35.0 Å². The van der Waals surface area contributed by atoms with E-state index in [-0.39, 0.29) is 18.6 Å². The van der Waals surface area contributed by atoms with Crippen molar-refractivity contribution in [3.05, 3.63) is 118 Å². The average molecular weight is 525 g/mol. The summed E-state index contributed by atoms with van der Waals surface area (Å²) < 4.78 is 27.0. The van der Waals surface area contributed by atoms with E-state index in [9.17, 15) is 0 Å². The van der Waals surface area contributed by atoms with Gasteiger partial charge in [-0.1, -0.05) is 66.2 Å². The van der Waals surface area contributed by atoms with Crippen molar-refractivity contribution in [3.8, 4) is 23.0 Å². The second-order valence-electron chi connectivity index (χ2n) is 9.60. The summed E-state index contributed by atoms with van der Waals surface area (Å²) >= 11 is 0. The molecule has 4 aromatic rings. The van der Waals surface area contributed by atoms with Crippen molar-refractivity contribution >= 4 is 6.47 Å². The van der Waals surface area contributed by atoms with E-state index in [0.29, 0.717) is 13.1 Å². The molecule has 6 heteroatoms. The number of ether oxygens (including phenoxy) is 5. The van der Waals surface area contributed by atoms with Gasteiger partial charge in [0.25, 0.3) is 6.47 Å². The second-order valence-corrected chi connectivity index (χ2v) is 9.60. The molecule has 2 atom stereocenters. The summed E-state index contributed by atoms with van der Waals surface area (Å²) in [5.41, 5.74) is 7.58. The molecule has 0 fully saturated rings. The zero-order valence-corrected chi connectivity index (χ0v) is 22.4. The van der Waals surface area contributed by atoms with Gasteiger partial charge in [0.2, 0.25) is 6.79 Å². The maximum atomic E-state index is 8.95. The molecular weight excluding hydrogens is 492 g/mol. The summed E-state index contributed by atoms with van der Waals surface area (Å²) in [5.74, 6) is 3.81. The van der Waals surface area contributed by atoms with Crippen molar-refractivity contribution in [1.82, 2.24) is 0 Å². The van der Waals surface area contributed by atoms with Gasteiger partial charge in [-0.3, -0.25) is 4.79 Å². The lowest BCUT2D eigenvalue weighted by molar-refractivity contribution is -0.126. The summed E-state index contributed by atoms with van der Waals surface area (Å²) in [6.45, 7) is 3.34. The Hall–Kier alpha value is -4.45. The van der Waals surface area contributed by atoms with Crippen molar-refractivity contribution in [3.63, 3.8) is 0 Å². The third-order valence-corrected chi connectivity index (χ3v) is 7.19. The summed E-state index contributed by atoms with van der Waals surface area (Å²) in [6, 6.07) is 29.7. The van der Waals surface area contributed by atoms with Gasteiger partial charge >= 0.3 is 0 Å². The molecule has 2 aliphatic rings. The topological polar surface area (TPSA) is 63.2 Å².